The van der Waals surface area contributed by atoms with E-state index in [-0.39, 0.29) is 11.9 Å². The molecule has 6 nitrogen and oxygen atoms in total. The molecule has 2 aromatic rings. The fraction of sp³-hybridized carbons (Fsp3) is 0.643. The molecule has 0 bridgehead atoms. The number of hydrogen-bond acceptors (Lipinski definition) is 5. The van der Waals surface area contributed by atoms with Crippen LogP contribution in [0.3, 0.4) is 0 Å². The molecule has 0 radical (unpaired) electrons. The standard InChI is InChI=1S/C14H18F3N5O/c1-9(2)7-23-10-3-4-21(6-10)12-5-11(14(15,16)17)20-13-18-8-19-22(12)13/h5,8-10H,3-4,6-7H2,1-2H3. The van der Waals surface area contributed by atoms with Gasteiger partial charge in [0.15, 0.2) is 5.69 Å². The van der Waals surface area contributed by atoms with Crippen molar-refractivity contribution in [2.75, 3.05) is 24.6 Å². The van der Waals surface area contributed by atoms with Crippen LogP contribution in [-0.4, -0.2) is 45.4 Å². The van der Waals surface area contributed by atoms with Crippen molar-refractivity contribution in [2.45, 2.75) is 32.5 Å². The molecule has 1 aliphatic rings. The van der Waals surface area contributed by atoms with Gasteiger partial charge in [0.25, 0.3) is 5.78 Å². The molecule has 2 aromatic heterocycles. The zero-order valence-electron chi connectivity index (χ0n) is 12.9. The normalized spacial score (nSPS) is 19.2. The summed E-state index contributed by atoms with van der Waals surface area (Å²) < 4.78 is 46.2. The second-order valence-electron chi connectivity index (χ2n) is 6.05. The zero-order valence-corrected chi connectivity index (χ0v) is 12.9. The summed E-state index contributed by atoms with van der Waals surface area (Å²) in [5.74, 6) is 0.709. The molecule has 0 spiro atoms. The van der Waals surface area contributed by atoms with Crippen LogP contribution >= 0.6 is 0 Å². The summed E-state index contributed by atoms with van der Waals surface area (Å²) >= 11 is 0. The van der Waals surface area contributed by atoms with Crippen LogP contribution in [0.2, 0.25) is 0 Å². The first-order chi connectivity index (χ1) is 10.8. The van der Waals surface area contributed by atoms with Crippen molar-refractivity contribution in [3.05, 3.63) is 18.1 Å². The molecule has 1 saturated heterocycles. The van der Waals surface area contributed by atoms with Gasteiger partial charge in [0.05, 0.1) is 6.10 Å². The van der Waals surface area contributed by atoms with Gasteiger partial charge in [0.2, 0.25) is 0 Å². The number of alkyl halides is 3. The number of fused-ring (bicyclic) bond motifs is 1. The van der Waals surface area contributed by atoms with Gasteiger partial charge < -0.3 is 9.64 Å². The molecule has 23 heavy (non-hydrogen) atoms. The molecule has 0 amide bonds. The lowest BCUT2D eigenvalue weighted by molar-refractivity contribution is -0.141. The highest BCUT2D eigenvalue weighted by Crippen LogP contribution is 2.31. The molecule has 126 valence electrons. The third-order valence-corrected chi connectivity index (χ3v) is 3.66. The van der Waals surface area contributed by atoms with Crippen molar-refractivity contribution in [2.24, 2.45) is 5.92 Å². The van der Waals surface area contributed by atoms with E-state index in [1.165, 1.54) is 10.8 Å². The highest BCUT2D eigenvalue weighted by atomic mass is 19.4. The lowest BCUT2D eigenvalue weighted by Crippen LogP contribution is -2.26. The average Bonchev–Trinajstić information content (AvgIpc) is 3.12. The number of hydrogen-bond donors (Lipinski definition) is 0. The smallest absolute Gasteiger partial charge is 0.376 e. The molecule has 1 aliphatic heterocycles. The molecule has 9 heteroatoms. The van der Waals surface area contributed by atoms with Crippen LogP contribution in [0.25, 0.3) is 5.78 Å². The largest absolute Gasteiger partial charge is 0.433 e. The van der Waals surface area contributed by atoms with Crippen molar-refractivity contribution < 1.29 is 17.9 Å². The van der Waals surface area contributed by atoms with E-state index in [9.17, 15) is 13.2 Å². The van der Waals surface area contributed by atoms with Crippen molar-refractivity contribution >= 4 is 11.6 Å². The number of anilines is 1. The molecule has 0 aliphatic carbocycles. The zero-order chi connectivity index (χ0) is 16.6. The summed E-state index contributed by atoms with van der Waals surface area (Å²) in [6.07, 6.45) is -2.53. The number of aromatic nitrogens is 4. The number of rotatable bonds is 4. The third kappa shape index (κ3) is 3.39. The highest BCUT2D eigenvalue weighted by Gasteiger charge is 2.35. The van der Waals surface area contributed by atoms with Gasteiger partial charge in [-0.05, 0) is 12.3 Å². The van der Waals surface area contributed by atoms with Gasteiger partial charge in [-0.2, -0.15) is 27.8 Å². The monoisotopic (exact) mass is 329 g/mol. The van der Waals surface area contributed by atoms with E-state index in [4.69, 9.17) is 4.74 Å². The van der Waals surface area contributed by atoms with Crippen LogP contribution in [-0.2, 0) is 10.9 Å². The number of halogens is 3. The predicted octanol–water partition coefficient (Wildman–Crippen LogP) is 2.39. The summed E-state index contributed by atoms with van der Waals surface area (Å²) in [5, 5.41) is 3.98. The fourth-order valence-electron chi connectivity index (χ4n) is 2.57. The van der Waals surface area contributed by atoms with Crippen LogP contribution in [0, 0.1) is 5.92 Å². The summed E-state index contributed by atoms with van der Waals surface area (Å²) in [6, 6.07) is 1.02. The second-order valence-corrected chi connectivity index (χ2v) is 6.05. The summed E-state index contributed by atoms with van der Waals surface area (Å²) in [7, 11) is 0. The van der Waals surface area contributed by atoms with Crippen molar-refractivity contribution in [1.29, 1.82) is 0 Å². The van der Waals surface area contributed by atoms with E-state index in [2.05, 4.69) is 28.9 Å². The Kier molecular flexibility index (Phi) is 4.13. The Labute approximate surface area is 131 Å². The summed E-state index contributed by atoms with van der Waals surface area (Å²) in [5.41, 5.74) is -0.959. The molecular weight excluding hydrogens is 311 g/mol. The fourth-order valence-corrected chi connectivity index (χ4v) is 2.57. The SMILES string of the molecule is CC(C)COC1CCN(c2cc(C(F)(F)F)nc3ncnn23)C1. The number of ether oxygens (including phenoxy) is 1. The van der Waals surface area contributed by atoms with Gasteiger partial charge in [-0.1, -0.05) is 13.8 Å². The molecular formula is C14H18F3N5O. The summed E-state index contributed by atoms with van der Waals surface area (Å²) in [6.45, 7) is 5.90. The average molecular weight is 329 g/mol. The van der Waals surface area contributed by atoms with Crippen molar-refractivity contribution in [3.8, 4) is 0 Å². The first-order valence-corrected chi connectivity index (χ1v) is 7.49. The quantitative estimate of drug-likeness (QED) is 0.862. The van der Waals surface area contributed by atoms with Gasteiger partial charge in [-0.15, -0.1) is 0 Å². The van der Waals surface area contributed by atoms with Crippen LogP contribution in [0.5, 0.6) is 0 Å². The van der Waals surface area contributed by atoms with E-state index in [0.717, 1.165) is 12.5 Å². The van der Waals surface area contributed by atoms with Crippen LogP contribution < -0.4 is 4.90 Å². The molecule has 3 rings (SSSR count). The van der Waals surface area contributed by atoms with Crippen LogP contribution in [0.15, 0.2) is 12.4 Å². The molecule has 3 heterocycles. The minimum absolute atomic E-state index is 0.0125. The van der Waals surface area contributed by atoms with E-state index in [0.29, 0.717) is 31.4 Å². The molecule has 0 saturated carbocycles. The third-order valence-electron chi connectivity index (χ3n) is 3.66. The Morgan fingerprint density at radius 1 is 1.39 bits per heavy atom. The lowest BCUT2D eigenvalue weighted by Gasteiger charge is -2.20. The predicted molar refractivity (Wildman–Crippen MR) is 77.2 cm³/mol. The van der Waals surface area contributed by atoms with Gasteiger partial charge in [0, 0.05) is 25.8 Å². The van der Waals surface area contributed by atoms with Crippen LogP contribution in [0.1, 0.15) is 26.0 Å². The van der Waals surface area contributed by atoms with Crippen LogP contribution in [0.4, 0.5) is 19.0 Å². The first kappa shape index (κ1) is 16.0. The minimum Gasteiger partial charge on any atom is -0.376 e. The van der Waals surface area contributed by atoms with E-state index >= 15 is 0 Å². The van der Waals surface area contributed by atoms with E-state index < -0.39 is 11.9 Å². The summed E-state index contributed by atoms with van der Waals surface area (Å²) in [4.78, 5) is 9.15. The topological polar surface area (TPSA) is 55.5 Å². The Morgan fingerprint density at radius 2 is 2.17 bits per heavy atom. The minimum atomic E-state index is -4.52. The van der Waals surface area contributed by atoms with Gasteiger partial charge >= 0.3 is 6.18 Å². The van der Waals surface area contributed by atoms with E-state index in [1.807, 2.05) is 4.90 Å². The lowest BCUT2D eigenvalue weighted by atomic mass is 10.2. The van der Waals surface area contributed by atoms with Gasteiger partial charge in [-0.3, -0.25) is 0 Å². The van der Waals surface area contributed by atoms with Crippen molar-refractivity contribution in [1.82, 2.24) is 19.6 Å². The Balaban J connectivity index is 1.86. The highest BCUT2D eigenvalue weighted by molar-refractivity contribution is 5.48. The van der Waals surface area contributed by atoms with E-state index in [1.54, 1.807) is 0 Å². The van der Waals surface area contributed by atoms with Gasteiger partial charge in [-0.25, -0.2) is 4.98 Å². The maximum atomic E-state index is 13.0. The second kappa shape index (κ2) is 5.95. The maximum absolute atomic E-state index is 13.0. The molecule has 1 unspecified atom stereocenters. The van der Waals surface area contributed by atoms with Crippen molar-refractivity contribution in [3.63, 3.8) is 0 Å². The first-order valence-electron chi connectivity index (χ1n) is 7.49. The molecule has 1 fully saturated rings. The Hall–Kier alpha value is -1.90. The number of nitrogens with zero attached hydrogens (tertiary/aromatic N) is 5. The molecule has 0 N–H and O–H groups in total. The Morgan fingerprint density at radius 3 is 2.87 bits per heavy atom. The molecule has 1 atom stereocenters. The maximum Gasteiger partial charge on any atom is 0.433 e. The Bertz CT molecular complexity index is 685. The molecule has 0 aromatic carbocycles. The van der Waals surface area contributed by atoms with Gasteiger partial charge in [0.1, 0.15) is 12.1 Å².